The molecule has 1 heterocycles. The monoisotopic (exact) mass is 175 g/mol. The topological polar surface area (TPSA) is 50.7 Å². The summed E-state index contributed by atoms with van der Waals surface area (Å²) >= 11 is 0. The fraction of sp³-hybridized carbons (Fsp3) is 1.00. The minimum Gasteiger partial charge on any atom is -0.392 e. The standard InChI is InChI=1S/C8H17NO3/c1-7(10)4-9-5-8-6-11-2-3-12-8/h7-10H,2-6H2,1H3/t7-,8?/m0/s1. The van der Waals surface area contributed by atoms with Crippen LogP contribution in [-0.4, -0.2) is 50.2 Å². The second-order valence-electron chi connectivity index (χ2n) is 3.07. The van der Waals surface area contributed by atoms with Crippen LogP contribution >= 0.6 is 0 Å². The molecule has 12 heavy (non-hydrogen) atoms. The van der Waals surface area contributed by atoms with Crippen molar-refractivity contribution < 1.29 is 14.6 Å². The first-order chi connectivity index (χ1) is 5.79. The molecular formula is C8H17NO3. The molecule has 0 saturated carbocycles. The summed E-state index contributed by atoms with van der Waals surface area (Å²) < 4.78 is 10.6. The molecule has 0 amide bonds. The summed E-state index contributed by atoms with van der Waals surface area (Å²) in [7, 11) is 0. The van der Waals surface area contributed by atoms with Crippen molar-refractivity contribution in [2.75, 3.05) is 32.9 Å². The van der Waals surface area contributed by atoms with Crippen LogP contribution in [0.5, 0.6) is 0 Å². The Morgan fingerprint density at radius 3 is 3.00 bits per heavy atom. The third-order valence-electron chi connectivity index (χ3n) is 1.70. The van der Waals surface area contributed by atoms with Gasteiger partial charge in [-0.15, -0.1) is 0 Å². The number of hydrogen-bond donors (Lipinski definition) is 2. The van der Waals surface area contributed by atoms with E-state index in [1.54, 1.807) is 6.92 Å². The Kier molecular flexibility index (Phi) is 4.53. The SMILES string of the molecule is C[C@H](O)CNCC1COCCO1. The van der Waals surface area contributed by atoms with E-state index in [2.05, 4.69) is 5.32 Å². The van der Waals surface area contributed by atoms with E-state index in [-0.39, 0.29) is 12.2 Å². The summed E-state index contributed by atoms with van der Waals surface area (Å²) in [5.41, 5.74) is 0. The van der Waals surface area contributed by atoms with Gasteiger partial charge in [-0.05, 0) is 6.92 Å². The first kappa shape index (κ1) is 9.92. The van der Waals surface area contributed by atoms with Gasteiger partial charge in [0.2, 0.25) is 0 Å². The Labute approximate surface area is 72.9 Å². The first-order valence-electron chi connectivity index (χ1n) is 4.37. The Morgan fingerprint density at radius 2 is 2.42 bits per heavy atom. The first-order valence-corrected chi connectivity index (χ1v) is 4.37. The van der Waals surface area contributed by atoms with Gasteiger partial charge in [-0.25, -0.2) is 0 Å². The van der Waals surface area contributed by atoms with E-state index in [0.29, 0.717) is 26.4 Å². The van der Waals surface area contributed by atoms with E-state index in [4.69, 9.17) is 14.6 Å². The molecule has 0 aromatic carbocycles. The van der Waals surface area contributed by atoms with Crippen LogP contribution in [0.4, 0.5) is 0 Å². The van der Waals surface area contributed by atoms with Gasteiger partial charge in [-0.3, -0.25) is 0 Å². The number of aliphatic hydroxyl groups excluding tert-OH is 1. The van der Waals surface area contributed by atoms with Gasteiger partial charge >= 0.3 is 0 Å². The number of aliphatic hydroxyl groups is 1. The summed E-state index contributed by atoms with van der Waals surface area (Å²) in [6, 6.07) is 0. The Morgan fingerprint density at radius 1 is 1.58 bits per heavy atom. The van der Waals surface area contributed by atoms with Crippen LogP contribution < -0.4 is 5.32 Å². The zero-order valence-electron chi connectivity index (χ0n) is 7.45. The molecular weight excluding hydrogens is 158 g/mol. The lowest BCUT2D eigenvalue weighted by Crippen LogP contribution is -2.39. The Hall–Kier alpha value is -0.160. The fourth-order valence-electron chi connectivity index (χ4n) is 1.11. The Bertz CT molecular complexity index is 113. The summed E-state index contributed by atoms with van der Waals surface area (Å²) in [6.45, 7) is 5.16. The number of ether oxygens (including phenoxy) is 2. The van der Waals surface area contributed by atoms with Gasteiger partial charge < -0.3 is 19.9 Å². The quantitative estimate of drug-likeness (QED) is 0.597. The highest BCUT2D eigenvalue weighted by molar-refractivity contribution is 4.64. The lowest BCUT2D eigenvalue weighted by molar-refractivity contribution is -0.0867. The van der Waals surface area contributed by atoms with Crippen molar-refractivity contribution in [3.63, 3.8) is 0 Å². The van der Waals surface area contributed by atoms with Crippen molar-refractivity contribution in [2.24, 2.45) is 0 Å². The zero-order valence-corrected chi connectivity index (χ0v) is 7.45. The fourth-order valence-corrected chi connectivity index (χ4v) is 1.11. The summed E-state index contributed by atoms with van der Waals surface area (Å²) in [6.07, 6.45) is -0.146. The van der Waals surface area contributed by atoms with Gasteiger partial charge in [0, 0.05) is 13.1 Å². The molecule has 0 aromatic rings. The summed E-state index contributed by atoms with van der Waals surface area (Å²) in [4.78, 5) is 0. The average molecular weight is 175 g/mol. The van der Waals surface area contributed by atoms with Crippen LogP contribution in [-0.2, 0) is 9.47 Å². The van der Waals surface area contributed by atoms with Gasteiger partial charge in [0.1, 0.15) is 0 Å². The molecule has 0 aliphatic carbocycles. The van der Waals surface area contributed by atoms with Crippen LogP contribution in [0.2, 0.25) is 0 Å². The maximum absolute atomic E-state index is 8.95. The summed E-state index contributed by atoms with van der Waals surface area (Å²) in [5.74, 6) is 0. The molecule has 0 aromatic heterocycles. The minimum atomic E-state index is -0.297. The maximum Gasteiger partial charge on any atom is 0.0933 e. The van der Waals surface area contributed by atoms with Crippen molar-refractivity contribution >= 4 is 0 Å². The molecule has 1 fully saturated rings. The van der Waals surface area contributed by atoms with Crippen molar-refractivity contribution in [3.05, 3.63) is 0 Å². The van der Waals surface area contributed by atoms with Crippen LogP contribution in [0, 0.1) is 0 Å². The van der Waals surface area contributed by atoms with Gasteiger partial charge in [0.15, 0.2) is 0 Å². The smallest absolute Gasteiger partial charge is 0.0933 e. The van der Waals surface area contributed by atoms with E-state index in [0.717, 1.165) is 6.54 Å². The third-order valence-corrected chi connectivity index (χ3v) is 1.70. The molecule has 2 atom stereocenters. The normalized spacial score (nSPS) is 27.0. The highest BCUT2D eigenvalue weighted by Gasteiger charge is 2.13. The number of nitrogens with one attached hydrogen (secondary N) is 1. The van der Waals surface area contributed by atoms with E-state index in [9.17, 15) is 0 Å². The van der Waals surface area contributed by atoms with Crippen molar-refractivity contribution in [1.82, 2.24) is 5.32 Å². The van der Waals surface area contributed by atoms with Crippen LogP contribution in [0.3, 0.4) is 0 Å². The molecule has 1 aliphatic heterocycles. The minimum absolute atomic E-state index is 0.150. The molecule has 4 nitrogen and oxygen atoms in total. The second-order valence-corrected chi connectivity index (χ2v) is 3.07. The third kappa shape index (κ3) is 4.01. The van der Waals surface area contributed by atoms with Gasteiger partial charge in [0.25, 0.3) is 0 Å². The van der Waals surface area contributed by atoms with E-state index in [1.807, 2.05) is 0 Å². The molecule has 72 valence electrons. The molecule has 0 radical (unpaired) electrons. The highest BCUT2D eigenvalue weighted by atomic mass is 16.6. The maximum atomic E-state index is 8.95. The highest BCUT2D eigenvalue weighted by Crippen LogP contribution is 1.98. The predicted molar refractivity (Wildman–Crippen MR) is 45.1 cm³/mol. The van der Waals surface area contributed by atoms with Crippen LogP contribution in [0.25, 0.3) is 0 Å². The molecule has 1 rings (SSSR count). The van der Waals surface area contributed by atoms with Crippen molar-refractivity contribution in [1.29, 1.82) is 0 Å². The van der Waals surface area contributed by atoms with Crippen molar-refractivity contribution in [2.45, 2.75) is 19.1 Å². The molecule has 1 unspecified atom stereocenters. The zero-order chi connectivity index (χ0) is 8.81. The largest absolute Gasteiger partial charge is 0.392 e. The van der Waals surface area contributed by atoms with Gasteiger partial charge in [-0.1, -0.05) is 0 Å². The van der Waals surface area contributed by atoms with Crippen LogP contribution in [0.15, 0.2) is 0 Å². The molecule has 1 aliphatic rings. The molecule has 1 saturated heterocycles. The predicted octanol–water partition coefficient (Wildman–Crippen LogP) is -0.628. The van der Waals surface area contributed by atoms with Gasteiger partial charge in [0.05, 0.1) is 32.0 Å². The molecule has 4 heteroatoms. The molecule has 0 spiro atoms. The van der Waals surface area contributed by atoms with Gasteiger partial charge in [-0.2, -0.15) is 0 Å². The second kappa shape index (κ2) is 5.48. The van der Waals surface area contributed by atoms with E-state index >= 15 is 0 Å². The number of hydrogen-bond acceptors (Lipinski definition) is 4. The lowest BCUT2D eigenvalue weighted by atomic mass is 10.3. The van der Waals surface area contributed by atoms with Crippen LogP contribution in [0.1, 0.15) is 6.92 Å². The van der Waals surface area contributed by atoms with E-state index < -0.39 is 0 Å². The number of rotatable bonds is 4. The van der Waals surface area contributed by atoms with Crippen molar-refractivity contribution in [3.8, 4) is 0 Å². The summed E-state index contributed by atoms with van der Waals surface area (Å²) in [5, 5.41) is 12.0. The lowest BCUT2D eigenvalue weighted by Gasteiger charge is -2.23. The Balaban J connectivity index is 1.98. The molecule has 2 N–H and O–H groups in total. The molecule has 0 bridgehead atoms. The average Bonchev–Trinajstić information content (AvgIpc) is 2.05. The van der Waals surface area contributed by atoms with E-state index in [1.165, 1.54) is 0 Å².